The van der Waals surface area contributed by atoms with Crippen LogP contribution >= 0.6 is 0 Å². The fourth-order valence-corrected chi connectivity index (χ4v) is 3.49. The molecule has 1 unspecified atom stereocenters. The summed E-state index contributed by atoms with van der Waals surface area (Å²) in [5.41, 5.74) is 5.37. The standard InChI is InChI=1S/C14H24N2O2/c1-2-6-11(10-15)16-12(17)9-14(13(16)18)7-4-3-5-8-14/h11H,2-10,15H2,1H3. The highest BCUT2D eigenvalue weighted by atomic mass is 16.2. The first-order chi connectivity index (χ1) is 8.64. The van der Waals surface area contributed by atoms with Gasteiger partial charge in [0.2, 0.25) is 11.8 Å². The van der Waals surface area contributed by atoms with Crippen molar-refractivity contribution in [2.75, 3.05) is 6.54 Å². The SMILES string of the molecule is CCCC(CN)N1C(=O)CC2(CCCCC2)C1=O. The summed E-state index contributed by atoms with van der Waals surface area (Å²) >= 11 is 0. The number of nitrogens with zero attached hydrogens (tertiary/aromatic N) is 1. The summed E-state index contributed by atoms with van der Waals surface area (Å²) in [6, 6.07) is -0.0868. The van der Waals surface area contributed by atoms with Crippen LogP contribution in [0.15, 0.2) is 0 Å². The Kier molecular flexibility index (Phi) is 4.05. The van der Waals surface area contributed by atoms with Crippen molar-refractivity contribution in [3.05, 3.63) is 0 Å². The summed E-state index contributed by atoms with van der Waals surface area (Å²) in [7, 11) is 0. The monoisotopic (exact) mass is 252 g/mol. The third-order valence-corrected chi connectivity index (χ3v) is 4.50. The number of rotatable bonds is 4. The van der Waals surface area contributed by atoms with Crippen LogP contribution in [0.25, 0.3) is 0 Å². The molecule has 0 bridgehead atoms. The van der Waals surface area contributed by atoms with E-state index in [2.05, 4.69) is 6.92 Å². The highest BCUT2D eigenvalue weighted by Crippen LogP contribution is 2.45. The second-order valence-corrected chi connectivity index (χ2v) is 5.76. The van der Waals surface area contributed by atoms with Gasteiger partial charge in [0.15, 0.2) is 0 Å². The lowest BCUT2D eigenvalue weighted by Gasteiger charge is -2.32. The molecule has 2 rings (SSSR count). The van der Waals surface area contributed by atoms with Crippen molar-refractivity contribution in [3.8, 4) is 0 Å². The van der Waals surface area contributed by atoms with Gasteiger partial charge in [-0.15, -0.1) is 0 Å². The molecule has 2 aliphatic rings. The van der Waals surface area contributed by atoms with Gasteiger partial charge < -0.3 is 5.73 Å². The van der Waals surface area contributed by atoms with E-state index < -0.39 is 0 Å². The van der Waals surface area contributed by atoms with Gasteiger partial charge in [-0.25, -0.2) is 0 Å². The number of hydrogen-bond acceptors (Lipinski definition) is 3. The smallest absolute Gasteiger partial charge is 0.236 e. The Morgan fingerprint density at radius 2 is 1.94 bits per heavy atom. The van der Waals surface area contributed by atoms with E-state index in [1.165, 1.54) is 11.3 Å². The van der Waals surface area contributed by atoms with Crippen molar-refractivity contribution in [3.63, 3.8) is 0 Å². The summed E-state index contributed by atoms with van der Waals surface area (Å²) < 4.78 is 0. The predicted octanol–water partition coefficient (Wildman–Crippen LogP) is 1.82. The maximum Gasteiger partial charge on any atom is 0.236 e. The quantitative estimate of drug-likeness (QED) is 0.776. The van der Waals surface area contributed by atoms with Gasteiger partial charge in [0.05, 0.1) is 11.5 Å². The lowest BCUT2D eigenvalue weighted by Crippen LogP contribution is -2.46. The first-order valence-electron chi connectivity index (χ1n) is 7.21. The van der Waals surface area contributed by atoms with Gasteiger partial charge in [0, 0.05) is 13.0 Å². The fourth-order valence-electron chi connectivity index (χ4n) is 3.49. The molecule has 102 valence electrons. The van der Waals surface area contributed by atoms with E-state index in [1.54, 1.807) is 0 Å². The van der Waals surface area contributed by atoms with Crippen LogP contribution in [0.2, 0.25) is 0 Å². The molecule has 1 heterocycles. The molecule has 1 saturated carbocycles. The number of likely N-dealkylation sites (tertiary alicyclic amines) is 1. The molecular formula is C14H24N2O2. The van der Waals surface area contributed by atoms with E-state index in [0.717, 1.165) is 38.5 Å². The van der Waals surface area contributed by atoms with Crippen molar-refractivity contribution >= 4 is 11.8 Å². The molecule has 4 heteroatoms. The predicted molar refractivity (Wildman–Crippen MR) is 69.7 cm³/mol. The molecule has 2 amide bonds. The van der Waals surface area contributed by atoms with Gasteiger partial charge in [-0.2, -0.15) is 0 Å². The molecule has 4 nitrogen and oxygen atoms in total. The molecule has 2 fully saturated rings. The summed E-state index contributed by atoms with van der Waals surface area (Å²) in [6.07, 6.45) is 7.32. The lowest BCUT2D eigenvalue weighted by molar-refractivity contribution is -0.144. The molecule has 2 N–H and O–H groups in total. The zero-order valence-electron chi connectivity index (χ0n) is 11.3. The largest absolute Gasteiger partial charge is 0.328 e. The van der Waals surface area contributed by atoms with Crippen molar-refractivity contribution in [1.29, 1.82) is 0 Å². The third kappa shape index (κ3) is 2.18. The Labute approximate surface area is 109 Å². The van der Waals surface area contributed by atoms with E-state index >= 15 is 0 Å². The van der Waals surface area contributed by atoms with Crippen LogP contribution in [0.4, 0.5) is 0 Å². The fraction of sp³-hybridized carbons (Fsp3) is 0.857. The van der Waals surface area contributed by atoms with Gasteiger partial charge in [0.25, 0.3) is 0 Å². The van der Waals surface area contributed by atoms with E-state index in [-0.39, 0.29) is 23.3 Å². The Morgan fingerprint density at radius 3 is 2.50 bits per heavy atom. The van der Waals surface area contributed by atoms with E-state index in [0.29, 0.717) is 13.0 Å². The number of imide groups is 1. The van der Waals surface area contributed by atoms with Gasteiger partial charge in [-0.3, -0.25) is 14.5 Å². The molecule has 0 aromatic heterocycles. The van der Waals surface area contributed by atoms with Crippen LogP contribution in [-0.2, 0) is 9.59 Å². The van der Waals surface area contributed by atoms with Crippen LogP contribution in [0, 0.1) is 5.41 Å². The third-order valence-electron chi connectivity index (χ3n) is 4.50. The molecule has 0 aromatic rings. The summed E-state index contributed by atoms with van der Waals surface area (Å²) in [6.45, 7) is 2.45. The van der Waals surface area contributed by atoms with Crippen molar-refractivity contribution in [2.45, 2.75) is 64.3 Å². The number of amides is 2. The average Bonchev–Trinajstić information content (AvgIpc) is 2.60. The highest BCUT2D eigenvalue weighted by molar-refractivity contribution is 6.06. The molecular weight excluding hydrogens is 228 g/mol. The van der Waals surface area contributed by atoms with Gasteiger partial charge >= 0.3 is 0 Å². The van der Waals surface area contributed by atoms with Crippen LogP contribution < -0.4 is 5.73 Å². The average molecular weight is 252 g/mol. The Bertz CT molecular complexity index is 335. The Hall–Kier alpha value is -0.900. The summed E-state index contributed by atoms with van der Waals surface area (Å²) in [4.78, 5) is 26.3. The van der Waals surface area contributed by atoms with E-state index in [1.807, 2.05) is 0 Å². The minimum Gasteiger partial charge on any atom is -0.328 e. The van der Waals surface area contributed by atoms with Crippen LogP contribution in [0.1, 0.15) is 58.3 Å². The van der Waals surface area contributed by atoms with E-state index in [4.69, 9.17) is 5.73 Å². The van der Waals surface area contributed by atoms with Crippen LogP contribution in [0.5, 0.6) is 0 Å². The van der Waals surface area contributed by atoms with Gasteiger partial charge in [-0.1, -0.05) is 32.6 Å². The first-order valence-corrected chi connectivity index (χ1v) is 7.21. The van der Waals surface area contributed by atoms with Crippen LogP contribution in [0.3, 0.4) is 0 Å². The second-order valence-electron chi connectivity index (χ2n) is 5.76. The number of carbonyl (C=O) groups excluding carboxylic acids is 2. The van der Waals surface area contributed by atoms with Crippen LogP contribution in [-0.4, -0.2) is 29.3 Å². The molecule has 1 saturated heterocycles. The first kappa shape index (κ1) is 13.5. The van der Waals surface area contributed by atoms with Gasteiger partial charge in [-0.05, 0) is 19.3 Å². The summed E-state index contributed by atoms with van der Waals surface area (Å²) in [5, 5.41) is 0. The second kappa shape index (κ2) is 5.39. The maximum atomic E-state index is 12.6. The lowest BCUT2D eigenvalue weighted by atomic mass is 9.73. The molecule has 1 spiro atoms. The normalized spacial score (nSPS) is 24.9. The zero-order valence-corrected chi connectivity index (χ0v) is 11.3. The Morgan fingerprint density at radius 1 is 1.28 bits per heavy atom. The molecule has 0 radical (unpaired) electrons. The molecule has 1 atom stereocenters. The number of hydrogen-bond donors (Lipinski definition) is 1. The van der Waals surface area contributed by atoms with Gasteiger partial charge in [0.1, 0.15) is 0 Å². The maximum absolute atomic E-state index is 12.6. The summed E-state index contributed by atoms with van der Waals surface area (Å²) in [5.74, 6) is 0.0712. The molecule has 0 aromatic carbocycles. The zero-order chi connectivity index (χ0) is 13.2. The van der Waals surface area contributed by atoms with Crippen molar-refractivity contribution < 1.29 is 9.59 Å². The topological polar surface area (TPSA) is 63.4 Å². The van der Waals surface area contributed by atoms with Crippen molar-refractivity contribution in [1.82, 2.24) is 4.90 Å². The van der Waals surface area contributed by atoms with E-state index in [9.17, 15) is 9.59 Å². The number of carbonyl (C=O) groups is 2. The molecule has 18 heavy (non-hydrogen) atoms. The Balaban J connectivity index is 2.17. The molecule has 1 aliphatic carbocycles. The number of nitrogens with two attached hydrogens (primary N) is 1. The highest BCUT2D eigenvalue weighted by Gasteiger charge is 2.52. The minimum atomic E-state index is -0.365. The van der Waals surface area contributed by atoms with Crippen molar-refractivity contribution in [2.24, 2.45) is 11.1 Å². The molecule has 1 aliphatic heterocycles. The minimum absolute atomic E-state index is 0.00537.